The van der Waals surface area contributed by atoms with E-state index in [0.29, 0.717) is 24.6 Å². The minimum absolute atomic E-state index is 0.0136. The summed E-state index contributed by atoms with van der Waals surface area (Å²) in [6.45, 7) is 2.79. The molecule has 5 rings (SSSR count). The summed E-state index contributed by atoms with van der Waals surface area (Å²) in [6, 6.07) is 9.53. The van der Waals surface area contributed by atoms with Crippen molar-refractivity contribution < 1.29 is 9.59 Å². The molecule has 3 N–H and O–H groups in total. The molecule has 1 aromatic carbocycles. The van der Waals surface area contributed by atoms with Crippen molar-refractivity contribution in [3.8, 4) is 0 Å². The number of hydrogen-bond acceptors (Lipinski definition) is 5. The van der Waals surface area contributed by atoms with Gasteiger partial charge < -0.3 is 16.0 Å². The van der Waals surface area contributed by atoms with E-state index in [1.165, 1.54) is 0 Å². The number of para-hydroxylation sites is 1. The smallest absolute Gasteiger partial charge is 0.251 e. The monoisotopic (exact) mass is 429 g/mol. The predicted octanol–water partition coefficient (Wildman–Crippen LogP) is 2.43. The van der Waals surface area contributed by atoms with Gasteiger partial charge in [-0.25, -0.2) is 0 Å². The summed E-state index contributed by atoms with van der Waals surface area (Å²) in [7, 11) is 0. The average molecular weight is 430 g/mol. The molecule has 0 unspecified atom stereocenters. The molecule has 32 heavy (non-hydrogen) atoms. The maximum Gasteiger partial charge on any atom is 0.251 e. The van der Waals surface area contributed by atoms with E-state index >= 15 is 0 Å². The lowest BCUT2D eigenvalue weighted by atomic mass is 9.96. The van der Waals surface area contributed by atoms with Gasteiger partial charge in [0.15, 0.2) is 0 Å². The number of hydrogen-bond donors (Lipinski definition) is 3. The second-order valence-electron chi connectivity index (χ2n) is 8.47. The van der Waals surface area contributed by atoms with Crippen molar-refractivity contribution in [2.75, 3.05) is 31.5 Å². The number of likely N-dealkylation sites (tertiary alicyclic amines) is 1. The minimum Gasteiger partial charge on any atom is -0.352 e. The molecule has 4 aliphatic heterocycles. The van der Waals surface area contributed by atoms with Crippen LogP contribution < -0.4 is 16.0 Å². The van der Waals surface area contributed by atoms with Gasteiger partial charge in [0.05, 0.1) is 12.2 Å². The molecular weight excluding hydrogens is 402 g/mol. The number of rotatable bonds is 6. The van der Waals surface area contributed by atoms with Crippen LogP contribution in [0.4, 0.5) is 5.69 Å². The van der Waals surface area contributed by atoms with Crippen LogP contribution in [0.15, 0.2) is 89.7 Å². The molecule has 0 bridgehead atoms. The highest BCUT2D eigenvalue weighted by Crippen LogP contribution is 2.33. The minimum atomic E-state index is -0.0425. The van der Waals surface area contributed by atoms with Gasteiger partial charge in [-0.3, -0.25) is 19.4 Å². The molecule has 0 spiro atoms. The Kier molecular flexibility index (Phi) is 5.64. The number of benzene rings is 1. The van der Waals surface area contributed by atoms with Crippen molar-refractivity contribution in [3.63, 3.8) is 0 Å². The summed E-state index contributed by atoms with van der Waals surface area (Å²) >= 11 is 0. The summed E-state index contributed by atoms with van der Waals surface area (Å²) in [6.07, 6.45) is 13.7. The Balaban J connectivity index is 1.07. The van der Waals surface area contributed by atoms with Crippen molar-refractivity contribution >= 4 is 17.5 Å². The fraction of sp³-hybridized carbons (Fsp3) is 0.280. The zero-order chi connectivity index (χ0) is 21.9. The van der Waals surface area contributed by atoms with Gasteiger partial charge in [-0.1, -0.05) is 24.3 Å². The molecule has 2 amide bonds. The van der Waals surface area contributed by atoms with E-state index in [9.17, 15) is 9.59 Å². The first-order chi connectivity index (χ1) is 15.7. The first-order valence-electron chi connectivity index (χ1n) is 11.1. The highest BCUT2D eigenvalue weighted by atomic mass is 16.2. The van der Waals surface area contributed by atoms with Gasteiger partial charge in [0, 0.05) is 29.7 Å². The van der Waals surface area contributed by atoms with Gasteiger partial charge >= 0.3 is 0 Å². The lowest BCUT2D eigenvalue weighted by Gasteiger charge is -2.31. The molecule has 1 aromatic rings. The number of nitrogens with zero attached hydrogens (tertiary/aromatic N) is 2. The highest BCUT2D eigenvalue weighted by Gasteiger charge is 2.28. The second-order valence-corrected chi connectivity index (χ2v) is 8.47. The molecule has 1 saturated heterocycles. The maximum atomic E-state index is 12.8. The number of amides is 2. The maximum absolute atomic E-state index is 12.8. The standard InChI is InChI=1S/C25H27N5O2/c31-24(28-20-5-2-1-3-6-20)17-29-11-9-18(10-12-29)15-27-25(32)19-13-21-7-4-8-23-26-16-22(14-19)30(21)23/h1-8,13-14,16,18,26H,9-12,15,17H2,(H,27,32)(H,28,31). The molecule has 0 atom stereocenters. The zero-order valence-corrected chi connectivity index (χ0v) is 17.9. The topological polar surface area (TPSA) is 76.7 Å². The Hall–Kier alpha value is -3.58. The van der Waals surface area contributed by atoms with E-state index in [1.807, 2.05) is 66.9 Å². The SMILES string of the molecule is O=C(CN1CCC(CNC(=O)C2=CC3=CNC4=CC=CC(=C2)N34)CC1)Nc1ccccc1. The van der Waals surface area contributed by atoms with E-state index in [1.54, 1.807) is 0 Å². The van der Waals surface area contributed by atoms with Crippen molar-refractivity contribution in [2.24, 2.45) is 5.92 Å². The molecule has 0 saturated carbocycles. The lowest BCUT2D eigenvalue weighted by Crippen LogP contribution is -2.42. The fourth-order valence-corrected chi connectivity index (χ4v) is 4.46. The Morgan fingerprint density at radius 2 is 1.88 bits per heavy atom. The third kappa shape index (κ3) is 4.38. The predicted molar refractivity (Wildman–Crippen MR) is 124 cm³/mol. The Labute approximate surface area is 187 Å². The van der Waals surface area contributed by atoms with Gasteiger partial charge in [-0.2, -0.15) is 0 Å². The first-order valence-corrected chi connectivity index (χ1v) is 11.1. The molecule has 1 fully saturated rings. The van der Waals surface area contributed by atoms with E-state index in [2.05, 4.69) is 25.8 Å². The zero-order valence-electron chi connectivity index (χ0n) is 17.9. The molecule has 0 radical (unpaired) electrons. The van der Waals surface area contributed by atoms with Crippen LogP contribution in [0.3, 0.4) is 0 Å². The molecule has 7 nitrogen and oxygen atoms in total. The van der Waals surface area contributed by atoms with Crippen LogP contribution in [-0.2, 0) is 9.59 Å². The summed E-state index contributed by atoms with van der Waals surface area (Å²) in [5, 5.41) is 9.28. The van der Waals surface area contributed by atoms with Crippen molar-refractivity contribution in [1.82, 2.24) is 20.4 Å². The number of nitrogens with one attached hydrogen (secondary N) is 3. The number of carbonyl (C=O) groups excluding carboxylic acids is 2. The molecule has 4 aliphatic rings. The fourth-order valence-electron chi connectivity index (χ4n) is 4.46. The number of piperidine rings is 1. The number of anilines is 1. The third-order valence-corrected chi connectivity index (χ3v) is 6.20. The third-order valence-electron chi connectivity index (χ3n) is 6.20. The molecule has 0 aromatic heterocycles. The Bertz CT molecular complexity index is 1060. The van der Waals surface area contributed by atoms with Gasteiger partial charge in [-0.15, -0.1) is 0 Å². The van der Waals surface area contributed by atoms with Crippen molar-refractivity contribution in [2.45, 2.75) is 12.8 Å². The van der Waals surface area contributed by atoms with Gasteiger partial charge in [0.25, 0.3) is 5.91 Å². The first kappa shape index (κ1) is 20.3. The quantitative estimate of drug-likeness (QED) is 0.648. The van der Waals surface area contributed by atoms with Gasteiger partial charge in [-0.05, 0) is 68.3 Å². The summed E-state index contributed by atoms with van der Waals surface area (Å²) in [4.78, 5) is 29.3. The molecule has 4 heterocycles. The number of carbonyl (C=O) groups is 2. The Morgan fingerprint density at radius 3 is 2.69 bits per heavy atom. The normalized spacial score (nSPS) is 19.8. The average Bonchev–Trinajstić information content (AvgIpc) is 3.23. The molecule has 164 valence electrons. The van der Waals surface area contributed by atoms with E-state index in [-0.39, 0.29) is 11.8 Å². The lowest BCUT2D eigenvalue weighted by molar-refractivity contribution is -0.117. The van der Waals surface area contributed by atoms with Crippen LogP contribution >= 0.6 is 0 Å². The van der Waals surface area contributed by atoms with E-state index < -0.39 is 0 Å². The summed E-state index contributed by atoms with van der Waals surface area (Å²) in [5.74, 6) is 1.41. The van der Waals surface area contributed by atoms with Crippen LogP contribution in [0.25, 0.3) is 0 Å². The molecule has 7 heteroatoms. The summed E-state index contributed by atoms with van der Waals surface area (Å²) in [5.41, 5.74) is 3.47. The highest BCUT2D eigenvalue weighted by molar-refractivity contribution is 5.97. The van der Waals surface area contributed by atoms with E-state index in [4.69, 9.17) is 0 Å². The van der Waals surface area contributed by atoms with Crippen LogP contribution in [0.5, 0.6) is 0 Å². The molecular formula is C25H27N5O2. The van der Waals surface area contributed by atoms with Gasteiger partial charge in [0.2, 0.25) is 5.91 Å². The van der Waals surface area contributed by atoms with Crippen molar-refractivity contribution in [3.05, 3.63) is 89.7 Å². The van der Waals surface area contributed by atoms with Crippen LogP contribution in [0.1, 0.15) is 12.8 Å². The molecule has 0 aliphatic carbocycles. The van der Waals surface area contributed by atoms with Gasteiger partial charge in [0.1, 0.15) is 5.82 Å². The van der Waals surface area contributed by atoms with Crippen LogP contribution in [-0.4, -0.2) is 47.8 Å². The van der Waals surface area contributed by atoms with Crippen molar-refractivity contribution in [1.29, 1.82) is 0 Å². The Morgan fingerprint density at radius 1 is 1.06 bits per heavy atom. The van der Waals surface area contributed by atoms with E-state index in [0.717, 1.165) is 48.8 Å². The van der Waals surface area contributed by atoms with Crippen LogP contribution in [0.2, 0.25) is 0 Å². The number of allylic oxidation sites excluding steroid dienone is 4. The summed E-state index contributed by atoms with van der Waals surface area (Å²) < 4.78 is 0. The largest absolute Gasteiger partial charge is 0.352 e. The van der Waals surface area contributed by atoms with Crippen LogP contribution in [0, 0.1) is 5.92 Å². The second kappa shape index (κ2) is 8.88.